The average molecular weight is 493 g/mol. The summed E-state index contributed by atoms with van der Waals surface area (Å²) in [5, 5.41) is 11.5. The summed E-state index contributed by atoms with van der Waals surface area (Å²) in [7, 11) is 5.42. The quantitative estimate of drug-likeness (QED) is 0.319. The fraction of sp³-hybridized carbons (Fsp3) is 0.448. The molecule has 2 aromatic rings. The molecule has 2 aromatic carbocycles. The summed E-state index contributed by atoms with van der Waals surface area (Å²) in [5.74, 6) is -0.282. The van der Waals surface area contributed by atoms with Crippen LogP contribution in [-0.4, -0.2) is 67.5 Å². The molecule has 7 nitrogen and oxygen atoms in total. The SMILES string of the molecule is CCCOc1cc(C2/C(=C(\O)c3ccc4c(c3)CCCC4)C(=O)C(=O)N2CCN(C)C)ccc1OC. The van der Waals surface area contributed by atoms with Crippen LogP contribution >= 0.6 is 0 Å². The predicted molar refractivity (Wildman–Crippen MR) is 139 cm³/mol. The molecule has 7 heteroatoms. The summed E-state index contributed by atoms with van der Waals surface area (Å²) in [4.78, 5) is 30.1. The number of ketones is 1. The number of likely N-dealkylation sites (tertiary alicyclic amines) is 1. The number of methoxy groups -OCH3 is 1. The Labute approximate surface area is 213 Å². The van der Waals surface area contributed by atoms with Gasteiger partial charge in [-0.1, -0.05) is 25.1 Å². The van der Waals surface area contributed by atoms with Crippen molar-refractivity contribution in [2.45, 2.75) is 45.1 Å². The van der Waals surface area contributed by atoms with Crippen LogP contribution in [0, 0.1) is 0 Å². The molecule has 4 rings (SSSR count). The van der Waals surface area contributed by atoms with Crippen molar-refractivity contribution < 1.29 is 24.2 Å². The summed E-state index contributed by atoms with van der Waals surface area (Å²) in [6.07, 6.45) is 5.08. The lowest BCUT2D eigenvalue weighted by molar-refractivity contribution is -0.140. The third-order valence-corrected chi connectivity index (χ3v) is 6.92. The lowest BCUT2D eigenvalue weighted by Crippen LogP contribution is -2.35. The molecule has 1 atom stereocenters. The molecule has 36 heavy (non-hydrogen) atoms. The number of likely N-dealkylation sites (N-methyl/N-ethyl adjacent to an activating group) is 1. The molecule has 1 N–H and O–H groups in total. The maximum Gasteiger partial charge on any atom is 0.295 e. The van der Waals surface area contributed by atoms with Crippen LogP contribution in [-0.2, 0) is 22.4 Å². The molecular formula is C29H36N2O5. The lowest BCUT2D eigenvalue weighted by atomic mass is 9.88. The Morgan fingerprint density at radius 2 is 1.81 bits per heavy atom. The number of fused-ring (bicyclic) bond motifs is 1. The number of hydrogen-bond acceptors (Lipinski definition) is 6. The van der Waals surface area contributed by atoms with Crippen molar-refractivity contribution >= 4 is 17.4 Å². The van der Waals surface area contributed by atoms with E-state index in [0.717, 1.165) is 32.1 Å². The monoisotopic (exact) mass is 492 g/mol. The van der Waals surface area contributed by atoms with Crippen LogP contribution in [0.4, 0.5) is 0 Å². The Bertz CT molecular complexity index is 1170. The minimum absolute atomic E-state index is 0.112. The Balaban J connectivity index is 1.83. The molecule has 1 heterocycles. The second-order valence-corrected chi connectivity index (χ2v) is 9.75. The largest absolute Gasteiger partial charge is 0.507 e. The van der Waals surface area contributed by atoms with Gasteiger partial charge >= 0.3 is 0 Å². The first-order valence-electron chi connectivity index (χ1n) is 12.7. The Kier molecular flexibility index (Phi) is 7.99. The first kappa shape index (κ1) is 25.8. The molecule has 2 aliphatic rings. The summed E-state index contributed by atoms with van der Waals surface area (Å²) < 4.78 is 11.4. The standard InChI is InChI=1S/C29H36N2O5/c1-5-16-36-24-18-21(12-13-23(24)35-4)26-25(28(33)29(34)31(26)15-14-30(2)3)27(32)22-11-10-19-8-6-7-9-20(19)17-22/h10-13,17-18,26,32H,5-9,14-16H2,1-4H3/b27-25+. The van der Waals surface area contributed by atoms with Gasteiger partial charge in [0.2, 0.25) is 0 Å². The lowest BCUT2D eigenvalue weighted by Gasteiger charge is -2.27. The van der Waals surface area contributed by atoms with Gasteiger partial charge in [0.15, 0.2) is 11.5 Å². The fourth-order valence-corrected chi connectivity index (χ4v) is 4.99. The molecule has 0 bridgehead atoms. The molecule has 0 spiro atoms. The van der Waals surface area contributed by atoms with Crippen LogP contribution in [0.1, 0.15) is 54.5 Å². The van der Waals surface area contributed by atoms with E-state index in [1.165, 1.54) is 11.1 Å². The van der Waals surface area contributed by atoms with Crippen LogP contribution in [0.25, 0.3) is 5.76 Å². The first-order valence-corrected chi connectivity index (χ1v) is 12.7. The zero-order chi connectivity index (χ0) is 25.8. The summed E-state index contributed by atoms with van der Waals surface area (Å²) in [6, 6.07) is 10.6. The molecule has 0 radical (unpaired) electrons. The molecule has 1 aliphatic carbocycles. The van der Waals surface area contributed by atoms with Crippen LogP contribution in [0.2, 0.25) is 0 Å². The van der Waals surface area contributed by atoms with Gasteiger partial charge in [-0.2, -0.15) is 0 Å². The Hall–Kier alpha value is -3.32. The van der Waals surface area contributed by atoms with E-state index in [0.29, 0.717) is 42.3 Å². The van der Waals surface area contributed by atoms with Crippen molar-refractivity contribution in [3.05, 3.63) is 64.2 Å². The van der Waals surface area contributed by atoms with Crippen molar-refractivity contribution in [3.8, 4) is 11.5 Å². The Morgan fingerprint density at radius 1 is 1.06 bits per heavy atom. The topological polar surface area (TPSA) is 79.3 Å². The van der Waals surface area contributed by atoms with E-state index in [2.05, 4.69) is 0 Å². The van der Waals surface area contributed by atoms with Crippen molar-refractivity contribution in [2.24, 2.45) is 0 Å². The molecule has 1 amide bonds. The first-order chi connectivity index (χ1) is 17.3. The smallest absolute Gasteiger partial charge is 0.295 e. The predicted octanol–water partition coefficient (Wildman–Crippen LogP) is 4.35. The zero-order valence-electron chi connectivity index (χ0n) is 21.7. The highest BCUT2D eigenvalue weighted by molar-refractivity contribution is 6.46. The minimum atomic E-state index is -0.726. The highest BCUT2D eigenvalue weighted by Crippen LogP contribution is 2.42. The molecule has 192 valence electrons. The number of hydrogen-bond donors (Lipinski definition) is 1. The maximum atomic E-state index is 13.3. The van der Waals surface area contributed by atoms with Crippen molar-refractivity contribution in [1.82, 2.24) is 9.80 Å². The van der Waals surface area contributed by atoms with Crippen molar-refractivity contribution in [2.75, 3.05) is 40.9 Å². The average Bonchev–Trinajstić information content (AvgIpc) is 3.14. The molecule has 1 fully saturated rings. The van der Waals surface area contributed by atoms with Crippen LogP contribution in [0.5, 0.6) is 11.5 Å². The second-order valence-electron chi connectivity index (χ2n) is 9.75. The van der Waals surface area contributed by atoms with Gasteiger partial charge in [-0.25, -0.2) is 0 Å². The minimum Gasteiger partial charge on any atom is -0.507 e. The number of carbonyl (C=O) groups excluding carboxylic acids is 2. The number of aryl methyl sites for hydroxylation is 2. The number of amides is 1. The van der Waals surface area contributed by atoms with Gasteiger partial charge < -0.3 is 24.4 Å². The molecule has 1 unspecified atom stereocenters. The van der Waals surface area contributed by atoms with Crippen molar-refractivity contribution in [3.63, 3.8) is 0 Å². The van der Waals surface area contributed by atoms with Crippen molar-refractivity contribution in [1.29, 1.82) is 0 Å². The van der Waals surface area contributed by atoms with E-state index in [9.17, 15) is 14.7 Å². The van der Waals surface area contributed by atoms with Gasteiger partial charge in [0.05, 0.1) is 25.3 Å². The van der Waals surface area contributed by atoms with E-state index in [-0.39, 0.29) is 11.3 Å². The Morgan fingerprint density at radius 3 is 2.50 bits per heavy atom. The summed E-state index contributed by atoms with van der Waals surface area (Å²) in [6.45, 7) is 3.46. The molecule has 1 saturated heterocycles. The van der Waals surface area contributed by atoms with E-state index in [1.54, 1.807) is 18.1 Å². The molecule has 0 aromatic heterocycles. The fourth-order valence-electron chi connectivity index (χ4n) is 4.99. The van der Waals surface area contributed by atoms with E-state index >= 15 is 0 Å². The van der Waals surface area contributed by atoms with Gasteiger partial charge in [0.25, 0.3) is 11.7 Å². The maximum absolute atomic E-state index is 13.3. The molecule has 1 aliphatic heterocycles. The highest BCUT2D eigenvalue weighted by Gasteiger charge is 2.46. The highest BCUT2D eigenvalue weighted by atomic mass is 16.5. The van der Waals surface area contributed by atoms with Gasteiger partial charge in [-0.3, -0.25) is 9.59 Å². The molecular weight excluding hydrogens is 456 g/mol. The summed E-state index contributed by atoms with van der Waals surface area (Å²) in [5.41, 5.74) is 3.86. The number of ether oxygens (including phenoxy) is 2. The number of benzene rings is 2. The number of aliphatic hydroxyl groups excluding tert-OH is 1. The van der Waals surface area contributed by atoms with Gasteiger partial charge in [0.1, 0.15) is 5.76 Å². The number of carbonyl (C=O) groups is 2. The van der Waals surface area contributed by atoms with E-state index < -0.39 is 17.7 Å². The normalized spacial score (nSPS) is 19.0. The number of Topliss-reactive ketones (excluding diaryl/α,β-unsaturated/α-hetero) is 1. The van der Waals surface area contributed by atoms with Gasteiger partial charge in [-0.05, 0) is 81.1 Å². The summed E-state index contributed by atoms with van der Waals surface area (Å²) >= 11 is 0. The second kappa shape index (κ2) is 11.2. The third-order valence-electron chi connectivity index (χ3n) is 6.92. The van der Waals surface area contributed by atoms with E-state index in [1.807, 2.05) is 56.3 Å². The number of nitrogens with zero attached hydrogens (tertiary/aromatic N) is 2. The number of rotatable bonds is 9. The van der Waals surface area contributed by atoms with Gasteiger partial charge in [0, 0.05) is 18.7 Å². The number of aliphatic hydroxyl groups is 1. The van der Waals surface area contributed by atoms with Crippen LogP contribution in [0.3, 0.4) is 0 Å². The van der Waals surface area contributed by atoms with Crippen LogP contribution in [0.15, 0.2) is 42.0 Å². The van der Waals surface area contributed by atoms with Gasteiger partial charge in [-0.15, -0.1) is 0 Å². The molecule has 0 saturated carbocycles. The van der Waals surface area contributed by atoms with E-state index in [4.69, 9.17) is 9.47 Å². The van der Waals surface area contributed by atoms with Crippen LogP contribution < -0.4 is 9.47 Å². The zero-order valence-corrected chi connectivity index (χ0v) is 21.7. The third kappa shape index (κ3) is 5.12.